The van der Waals surface area contributed by atoms with E-state index in [-0.39, 0.29) is 16.7 Å². The number of rotatable bonds is 7. The summed E-state index contributed by atoms with van der Waals surface area (Å²) < 4.78 is 33.1. The van der Waals surface area contributed by atoms with E-state index in [1.165, 1.54) is 14.0 Å². The van der Waals surface area contributed by atoms with Gasteiger partial charge in [0.2, 0.25) is 12.0 Å². The maximum absolute atomic E-state index is 12.8. The lowest BCUT2D eigenvalue weighted by Gasteiger charge is -2.45. The molecule has 0 amide bonds. The number of aromatic hydroxyl groups is 2. The lowest BCUT2D eigenvalue weighted by molar-refractivity contribution is -0.348. The van der Waals surface area contributed by atoms with Crippen LogP contribution in [-0.2, 0) is 14.2 Å². The van der Waals surface area contributed by atoms with Crippen LogP contribution in [0.3, 0.4) is 0 Å². The summed E-state index contributed by atoms with van der Waals surface area (Å²) in [5.41, 5.74) is -0.299. The second-order valence-electron chi connectivity index (χ2n) is 10.3. The molecule has 234 valence electrons. The van der Waals surface area contributed by atoms with Gasteiger partial charge in [-0.2, -0.15) is 0 Å². The van der Waals surface area contributed by atoms with Crippen LogP contribution in [0.2, 0.25) is 0 Å². The quantitative estimate of drug-likeness (QED) is 0.149. The number of hydrogen-bond acceptors (Lipinski definition) is 15. The van der Waals surface area contributed by atoms with Crippen LogP contribution in [0.15, 0.2) is 45.6 Å². The molecule has 0 saturated carbocycles. The first-order valence-corrected chi connectivity index (χ1v) is 13.3. The van der Waals surface area contributed by atoms with Gasteiger partial charge >= 0.3 is 0 Å². The fourth-order valence-electron chi connectivity index (χ4n) is 5.01. The molecule has 2 saturated heterocycles. The Morgan fingerprint density at radius 3 is 2.16 bits per heavy atom. The Morgan fingerprint density at radius 2 is 1.51 bits per heavy atom. The number of benzene rings is 2. The average molecular weight is 609 g/mol. The van der Waals surface area contributed by atoms with Gasteiger partial charge in [-0.05, 0) is 31.2 Å². The molecule has 0 spiro atoms. The first kappa shape index (κ1) is 30.9. The summed E-state index contributed by atoms with van der Waals surface area (Å²) in [7, 11) is 1.50. The topological polar surface area (TPSA) is 238 Å². The maximum Gasteiger partial charge on any atom is 0.229 e. The van der Waals surface area contributed by atoms with Gasteiger partial charge in [0.15, 0.2) is 23.2 Å². The average Bonchev–Trinajstić information content (AvgIpc) is 3.00. The fraction of sp³-hybridized carbons (Fsp3) is 0.464. The summed E-state index contributed by atoms with van der Waals surface area (Å²) in [5, 5.41) is 82.2. The van der Waals surface area contributed by atoms with E-state index in [0.29, 0.717) is 11.3 Å². The van der Waals surface area contributed by atoms with E-state index in [9.17, 15) is 45.6 Å². The molecule has 43 heavy (non-hydrogen) atoms. The van der Waals surface area contributed by atoms with Crippen LogP contribution in [0, 0.1) is 0 Å². The van der Waals surface area contributed by atoms with Crippen LogP contribution in [0.25, 0.3) is 22.3 Å². The van der Waals surface area contributed by atoms with Crippen molar-refractivity contribution in [3.8, 4) is 34.3 Å². The van der Waals surface area contributed by atoms with E-state index in [4.69, 9.17) is 28.1 Å². The first-order chi connectivity index (χ1) is 20.4. The Balaban J connectivity index is 1.38. The van der Waals surface area contributed by atoms with Crippen LogP contribution in [0.1, 0.15) is 6.92 Å². The van der Waals surface area contributed by atoms with Crippen molar-refractivity contribution < 1.29 is 69.0 Å². The van der Waals surface area contributed by atoms with E-state index in [2.05, 4.69) is 0 Å². The van der Waals surface area contributed by atoms with Gasteiger partial charge in [-0.15, -0.1) is 0 Å². The van der Waals surface area contributed by atoms with Crippen LogP contribution in [-0.4, -0.2) is 116 Å². The minimum atomic E-state index is -1.83. The number of ether oxygens (including phenoxy) is 5. The predicted octanol–water partition coefficient (Wildman–Crippen LogP) is -1.09. The van der Waals surface area contributed by atoms with Crippen molar-refractivity contribution in [2.75, 3.05) is 13.7 Å². The second-order valence-corrected chi connectivity index (χ2v) is 10.3. The molecule has 3 heterocycles. The number of methoxy groups -OCH3 is 1. The summed E-state index contributed by atoms with van der Waals surface area (Å²) in [6.07, 6.45) is -15.6. The Bertz CT molecular complexity index is 1490. The fourth-order valence-corrected chi connectivity index (χ4v) is 5.01. The monoisotopic (exact) mass is 608 g/mol. The van der Waals surface area contributed by atoms with Crippen molar-refractivity contribution in [2.45, 2.75) is 68.3 Å². The molecule has 1 aromatic heterocycles. The number of fused-ring (bicyclic) bond motifs is 1. The van der Waals surface area contributed by atoms with Crippen molar-refractivity contribution in [1.29, 1.82) is 0 Å². The van der Waals surface area contributed by atoms with E-state index in [0.717, 1.165) is 12.1 Å². The molecule has 2 aromatic carbocycles. The SMILES string of the molecule is COc1ccc(-c2cc(=O)c3c(O)c(O)c(OC4OC(C)C(OC5OC(CO)C(O)C(O)C5O)C(O)C4O)cc3o2)cc1. The van der Waals surface area contributed by atoms with Gasteiger partial charge in [0.1, 0.15) is 65.2 Å². The molecule has 2 aliphatic rings. The van der Waals surface area contributed by atoms with Gasteiger partial charge in [0.25, 0.3) is 0 Å². The molecule has 2 fully saturated rings. The third-order valence-corrected chi connectivity index (χ3v) is 7.47. The van der Waals surface area contributed by atoms with Crippen molar-refractivity contribution >= 4 is 11.0 Å². The number of aliphatic hydroxyl groups is 6. The van der Waals surface area contributed by atoms with E-state index in [1.807, 2.05) is 0 Å². The summed E-state index contributed by atoms with van der Waals surface area (Å²) in [6.45, 7) is 0.727. The molecule has 8 N–H and O–H groups in total. The van der Waals surface area contributed by atoms with Crippen LogP contribution in [0.5, 0.6) is 23.0 Å². The zero-order valence-electron chi connectivity index (χ0n) is 22.9. The molecule has 0 radical (unpaired) electrons. The van der Waals surface area contributed by atoms with Gasteiger partial charge < -0.3 is 69.0 Å². The molecule has 15 nitrogen and oxygen atoms in total. The standard InChI is InChI=1S/C28H32O15/c1-10-26(43-28-24(36)22(34)20(32)17(9-29)42-28)23(35)25(37)27(39-10)41-16-8-15-18(21(33)19(16)31)13(30)7-14(40-15)11-3-5-12(38-2)6-4-11/h3-8,10,17,20,22-29,31-37H,9H2,1-2H3. The van der Waals surface area contributed by atoms with Gasteiger partial charge in [-0.25, -0.2) is 0 Å². The summed E-state index contributed by atoms with van der Waals surface area (Å²) in [6, 6.07) is 8.88. The lowest BCUT2D eigenvalue weighted by Crippen LogP contribution is -2.64. The Morgan fingerprint density at radius 1 is 0.837 bits per heavy atom. The number of phenols is 2. The Hall–Kier alpha value is -3.51. The molecule has 3 aromatic rings. The smallest absolute Gasteiger partial charge is 0.229 e. The minimum Gasteiger partial charge on any atom is -0.504 e. The summed E-state index contributed by atoms with van der Waals surface area (Å²) in [4.78, 5) is 12.8. The molecule has 10 atom stereocenters. The zero-order chi connectivity index (χ0) is 31.2. The highest BCUT2D eigenvalue weighted by Crippen LogP contribution is 2.43. The number of hydrogen-bond donors (Lipinski definition) is 8. The Labute approximate surface area is 243 Å². The number of phenolic OH excluding ortho intramolecular Hbond substituents is 2. The van der Waals surface area contributed by atoms with Crippen LogP contribution in [0.4, 0.5) is 0 Å². The van der Waals surface area contributed by atoms with E-state index in [1.54, 1.807) is 24.3 Å². The van der Waals surface area contributed by atoms with E-state index >= 15 is 0 Å². The molecular weight excluding hydrogens is 576 g/mol. The lowest BCUT2D eigenvalue weighted by atomic mass is 9.97. The highest BCUT2D eigenvalue weighted by Gasteiger charge is 2.50. The third-order valence-electron chi connectivity index (χ3n) is 7.47. The molecule has 10 unspecified atom stereocenters. The molecule has 0 bridgehead atoms. The first-order valence-electron chi connectivity index (χ1n) is 13.3. The second kappa shape index (κ2) is 12.2. The molecule has 15 heteroatoms. The zero-order valence-corrected chi connectivity index (χ0v) is 22.9. The van der Waals surface area contributed by atoms with Crippen molar-refractivity contribution in [2.24, 2.45) is 0 Å². The summed E-state index contributed by atoms with van der Waals surface area (Å²) >= 11 is 0. The largest absolute Gasteiger partial charge is 0.504 e. The van der Waals surface area contributed by atoms with Crippen LogP contribution >= 0.6 is 0 Å². The third kappa shape index (κ3) is 5.74. The van der Waals surface area contributed by atoms with Gasteiger partial charge in [0.05, 0.1) is 19.8 Å². The number of aliphatic hydroxyl groups excluding tert-OH is 6. The van der Waals surface area contributed by atoms with Crippen molar-refractivity contribution in [3.05, 3.63) is 46.6 Å². The highest BCUT2D eigenvalue weighted by molar-refractivity contribution is 5.89. The van der Waals surface area contributed by atoms with Gasteiger partial charge in [0, 0.05) is 17.7 Å². The molecule has 5 rings (SSSR count). The van der Waals surface area contributed by atoms with Crippen LogP contribution < -0.4 is 14.9 Å². The summed E-state index contributed by atoms with van der Waals surface area (Å²) in [5.74, 6) is -1.42. The van der Waals surface area contributed by atoms with Gasteiger partial charge in [-0.3, -0.25) is 4.79 Å². The predicted molar refractivity (Wildman–Crippen MR) is 143 cm³/mol. The van der Waals surface area contributed by atoms with E-state index < -0.39 is 90.7 Å². The maximum atomic E-state index is 12.8. The molecular formula is C28H32O15. The molecule has 2 aliphatic heterocycles. The highest BCUT2D eigenvalue weighted by atomic mass is 16.7. The molecule has 0 aliphatic carbocycles. The van der Waals surface area contributed by atoms with Crippen molar-refractivity contribution in [1.82, 2.24) is 0 Å². The minimum absolute atomic E-state index is 0.141. The van der Waals surface area contributed by atoms with Gasteiger partial charge in [-0.1, -0.05) is 0 Å². The normalized spacial score (nSPS) is 32.9. The Kier molecular flexibility index (Phi) is 8.80. The van der Waals surface area contributed by atoms with Crippen molar-refractivity contribution in [3.63, 3.8) is 0 Å².